The SMILES string of the molecule is CC(C)NC(=O)OC1CC[C@H](c2cc(Nc3cccc4c3S(=O)(=O)CC4)n[nH]2)C1.CC(C)NC(=O)O[C@@H]1CC[C@H](c2cc(Nc3cccc4c3CS(=O)(=O)CC4)n[nH]2)C1. The van der Waals surface area contributed by atoms with E-state index in [1.165, 1.54) is 0 Å². The van der Waals surface area contributed by atoms with E-state index in [1.54, 1.807) is 6.07 Å². The molecule has 2 fully saturated rings. The first-order chi connectivity index (χ1) is 28.1. The molecule has 0 spiro atoms. The Labute approximate surface area is 345 Å². The molecule has 318 valence electrons. The van der Waals surface area contributed by atoms with Gasteiger partial charge >= 0.3 is 12.2 Å². The van der Waals surface area contributed by atoms with E-state index in [1.807, 2.05) is 70.2 Å². The number of amides is 2. The van der Waals surface area contributed by atoms with Gasteiger partial charge in [-0.2, -0.15) is 10.2 Å². The number of anilines is 4. The van der Waals surface area contributed by atoms with E-state index < -0.39 is 19.7 Å². The van der Waals surface area contributed by atoms with Crippen molar-refractivity contribution in [3.63, 3.8) is 0 Å². The molecule has 16 nitrogen and oxygen atoms in total. The summed E-state index contributed by atoms with van der Waals surface area (Å²) in [6.07, 6.45) is 5.08. The second-order valence-electron chi connectivity index (χ2n) is 16.5. The minimum atomic E-state index is -3.25. The number of hydrogen-bond acceptors (Lipinski definition) is 12. The summed E-state index contributed by atoms with van der Waals surface area (Å²) in [5.74, 6) is 2.12. The highest BCUT2D eigenvalue weighted by Gasteiger charge is 2.33. The molecule has 6 N–H and O–H groups in total. The number of fused-ring (bicyclic) bond motifs is 2. The zero-order chi connectivity index (χ0) is 41.9. The minimum Gasteiger partial charge on any atom is -0.446 e. The molecule has 2 aromatic heterocycles. The molecule has 4 heterocycles. The number of hydrogen-bond donors (Lipinski definition) is 6. The first kappa shape index (κ1) is 42.0. The highest BCUT2D eigenvalue weighted by atomic mass is 32.2. The number of nitrogens with one attached hydrogen (secondary N) is 6. The van der Waals surface area contributed by atoms with Crippen LogP contribution in [0.3, 0.4) is 0 Å². The van der Waals surface area contributed by atoms with Gasteiger partial charge in [0.25, 0.3) is 0 Å². The maximum absolute atomic E-state index is 12.4. The number of H-pyrrole nitrogens is 2. The van der Waals surface area contributed by atoms with Crippen LogP contribution in [0, 0.1) is 0 Å². The van der Waals surface area contributed by atoms with Gasteiger partial charge in [-0.05, 0) is 108 Å². The zero-order valence-corrected chi connectivity index (χ0v) is 35.5. The van der Waals surface area contributed by atoms with E-state index in [9.17, 15) is 26.4 Å². The zero-order valence-electron chi connectivity index (χ0n) is 33.8. The third-order valence-electron chi connectivity index (χ3n) is 11.1. The van der Waals surface area contributed by atoms with Gasteiger partial charge in [-0.15, -0.1) is 0 Å². The van der Waals surface area contributed by atoms with Crippen molar-refractivity contribution in [2.45, 2.75) is 126 Å². The van der Waals surface area contributed by atoms with Gasteiger partial charge in [-0.3, -0.25) is 10.2 Å². The van der Waals surface area contributed by atoms with Crippen LogP contribution in [0.5, 0.6) is 0 Å². The molecule has 8 rings (SSSR count). The molecule has 0 saturated heterocycles. The summed E-state index contributed by atoms with van der Waals surface area (Å²) in [7, 11) is -6.31. The highest BCUT2D eigenvalue weighted by molar-refractivity contribution is 7.92. The van der Waals surface area contributed by atoms with Crippen LogP contribution in [0.1, 0.15) is 106 Å². The number of alkyl carbamates (subject to hydrolysis) is 2. The van der Waals surface area contributed by atoms with Crippen molar-refractivity contribution >= 4 is 54.9 Å². The number of aryl methyl sites for hydroxylation is 2. The summed E-state index contributed by atoms with van der Waals surface area (Å²) in [5, 5.41) is 26.7. The first-order valence-corrected chi connectivity index (χ1v) is 23.8. The van der Waals surface area contributed by atoms with Crippen molar-refractivity contribution in [1.82, 2.24) is 31.0 Å². The van der Waals surface area contributed by atoms with E-state index in [-0.39, 0.29) is 65.6 Å². The molecule has 2 saturated carbocycles. The molecule has 1 unspecified atom stereocenters. The fourth-order valence-electron chi connectivity index (χ4n) is 8.30. The lowest BCUT2D eigenvalue weighted by Gasteiger charge is -2.19. The van der Waals surface area contributed by atoms with Crippen LogP contribution in [-0.2, 0) is 47.7 Å². The maximum atomic E-state index is 12.4. The fourth-order valence-corrected chi connectivity index (χ4v) is 11.5. The van der Waals surface area contributed by atoms with Gasteiger partial charge in [-0.25, -0.2) is 26.4 Å². The Morgan fingerprint density at radius 3 is 1.76 bits per heavy atom. The lowest BCUT2D eigenvalue weighted by molar-refractivity contribution is 0.0972. The van der Waals surface area contributed by atoms with Gasteiger partial charge < -0.3 is 30.7 Å². The van der Waals surface area contributed by atoms with Crippen molar-refractivity contribution in [1.29, 1.82) is 0 Å². The van der Waals surface area contributed by atoms with Crippen LogP contribution in [0.2, 0.25) is 0 Å². The number of rotatable bonds is 10. The van der Waals surface area contributed by atoms with Crippen LogP contribution in [0.25, 0.3) is 0 Å². The van der Waals surface area contributed by atoms with Crippen molar-refractivity contribution < 1.29 is 35.9 Å². The predicted octanol–water partition coefficient (Wildman–Crippen LogP) is 6.65. The van der Waals surface area contributed by atoms with Gasteiger partial charge in [0, 0.05) is 53.1 Å². The number of aromatic amines is 2. The maximum Gasteiger partial charge on any atom is 0.407 e. The summed E-state index contributed by atoms with van der Waals surface area (Å²) in [5.41, 5.74) is 6.05. The molecule has 18 heteroatoms. The number of carbonyl (C=O) groups is 2. The molecule has 2 aromatic carbocycles. The van der Waals surface area contributed by atoms with Gasteiger partial charge in [0.05, 0.1) is 27.8 Å². The number of aromatic nitrogens is 4. The van der Waals surface area contributed by atoms with Gasteiger partial charge in [0.2, 0.25) is 0 Å². The molecule has 4 atom stereocenters. The Bertz CT molecular complexity index is 2380. The van der Waals surface area contributed by atoms with Gasteiger partial charge in [0.15, 0.2) is 31.3 Å². The topological polar surface area (TPSA) is 226 Å². The van der Waals surface area contributed by atoms with Gasteiger partial charge in [-0.1, -0.05) is 24.3 Å². The van der Waals surface area contributed by atoms with Crippen molar-refractivity contribution in [2.24, 2.45) is 0 Å². The summed E-state index contributed by atoms with van der Waals surface area (Å²) in [4.78, 5) is 24.0. The number of ether oxygens (including phenoxy) is 2. The number of sulfone groups is 2. The summed E-state index contributed by atoms with van der Waals surface area (Å²) < 4.78 is 59.8. The van der Waals surface area contributed by atoms with Crippen LogP contribution in [0.15, 0.2) is 53.4 Å². The molecular formula is C41H54N8O8S2. The summed E-state index contributed by atoms with van der Waals surface area (Å²) >= 11 is 0. The smallest absolute Gasteiger partial charge is 0.407 e. The molecule has 2 aliphatic carbocycles. The predicted molar refractivity (Wildman–Crippen MR) is 224 cm³/mol. The number of carbonyl (C=O) groups excluding carboxylic acids is 2. The minimum absolute atomic E-state index is 0.0455. The first-order valence-electron chi connectivity index (χ1n) is 20.4. The number of nitrogens with zero attached hydrogens (tertiary/aromatic N) is 2. The van der Waals surface area contributed by atoms with E-state index in [2.05, 4.69) is 41.7 Å². The van der Waals surface area contributed by atoms with E-state index in [4.69, 9.17) is 9.47 Å². The molecule has 4 aromatic rings. The van der Waals surface area contributed by atoms with E-state index >= 15 is 0 Å². The monoisotopic (exact) mass is 850 g/mol. The Morgan fingerprint density at radius 2 is 1.20 bits per heavy atom. The van der Waals surface area contributed by atoms with Crippen molar-refractivity contribution in [3.8, 4) is 0 Å². The fraction of sp³-hybridized carbons (Fsp3) is 0.512. The van der Waals surface area contributed by atoms with Gasteiger partial charge in [0.1, 0.15) is 12.2 Å². The normalized spacial score (nSPS) is 22.5. The average Bonchev–Trinajstić information content (AvgIpc) is 4.01. The summed E-state index contributed by atoms with van der Waals surface area (Å²) in [6, 6.07) is 15.3. The Balaban J connectivity index is 0.000000179. The molecule has 0 radical (unpaired) electrons. The molecule has 2 aliphatic heterocycles. The third kappa shape index (κ3) is 10.6. The standard InChI is InChI=1S/C21H28N4O4S.C20H26N4O4S/c1-13(2)22-21(26)29-16-7-6-15(10-16)19-11-20(25-24-19)23-18-5-3-4-14-8-9-30(27,28)12-17(14)18;1-12(2)21-20(25)28-15-7-6-14(10-15)17-11-18(24-23-17)22-16-5-3-4-13-8-9-29(26,27)19(13)16/h3-5,11,13,15-16H,6-10,12H2,1-2H3,(H,22,26)(H2,23,24,25);3-5,11-12,14-15H,6-10H2,1-2H3,(H,21,25)(H2,22,23,24)/t15-,16+;14-,15?/m00/s1. The molecular weight excluding hydrogens is 797 g/mol. The Hall–Kier alpha value is -5.10. The average molecular weight is 851 g/mol. The summed E-state index contributed by atoms with van der Waals surface area (Å²) in [6.45, 7) is 7.59. The largest absolute Gasteiger partial charge is 0.446 e. The van der Waals surface area contributed by atoms with Crippen LogP contribution in [-0.4, -0.2) is 85.2 Å². The quantitative estimate of drug-likeness (QED) is 0.0987. The van der Waals surface area contributed by atoms with Crippen molar-refractivity contribution in [2.75, 3.05) is 22.1 Å². The lowest BCUT2D eigenvalue weighted by Crippen LogP contribution is -2.33. The van der Waals surface area contributed by atoms with Crippen LogP contribution >= 0.6 is 0 Å². The van der Waals surface area contributed by atoms with Crippen LogP contribution < -0.4 is 21.3 Å². The second kappa shape index (κ2) is 17.6. The second-order valence-corrected chi connectivity index (χ2v) is 20.7. The third-order valence-corrected chi connectivity index (χ3v) is 14.5. The molecule has 0 bridgehead atoms. The lowest BCUT2D eigenvalue weighted by atomic mass is 10.0. The van der Waals surface area contributed by atoms with Crippen LogP contribution in [0.4, 0.5) is 32.6 Å². The molecule has 2 amide bonds. The highest BCUT2D eigenvalue weighted by Crippen LogP contribution is 2.39. The van der Waals surface area contributed by atoms with Crippen molar-refractivity contribution in [3.05, 3.63) is 76.6 Å². The Kier molecular flexibility index (Phi) is 12.6. The Morgan fingerprint density at radius 1 is 0.695 bits per heavy atom. The molecule has 59 heavy (non-hydrogen) atoms. The molecule has 4 aliphatic rings. The van der Waals surface area contributed by atoms with E-state index in [0.717, 1.165) is 72.3 Å². The van der Waals surface area contributed by atoms with E-state index in [0.29, 0.717) is 35.1 Å². The number of benzene rings is 2.